The molecule has 0 bridgehead atoms. The van der Waals surface area contributed by atoms with Crippen LogP contribution in [0.15, 0.2) is 42.5 Å². The van der Waals surface area contributed by atoms with Gasteiger partial charge in [0.1, 0.15) is 5.75 Å². The molecule has 252 valence electrons. The van der Waals surface area contributed by atoms with E-state index in [1.165, 1.54) is 10.5 Å². The summed E-state index contributed by atoms with van der Waals surface area (Å²) < 4.78 is 6.04. The van der Waals surface area contributed by atoms with Gasteiger partial charge >= 0.3 is 11.9 Å². The molecule has 8 nitrogen and oxygen atoms in total. The molecule has 2 unspecified atom stereocenters. The second-order valence-electron chi connectivity index (χ2n) is 12.8. The maximum Gasteiger partial charge on any atom is 0.317 e. The van der Waals surface area contributed by atoms with Crippen LogP contribution in [0.25, 0.3) is 0 Å². The molecule has 2 aromatic carbocycles. The van der Waals surface area contributed by atoms with Gasteiger partial charge in [-0.15, -0.1) is 0 Å². The molecule has 0 fully saturated rings. The van der Waals surface area contributed by atoms with Crippen LogP contribution in [-0.2, 0) is 9.59 Å². The third-order valence-corrected chi connectivity index (χ3v) is 9.16. The van der Waals surface area contributed by atoms with Crippen LogP contribution < -0.4 is 9.64 Å². The molecule has 0 amide bonds. The number of hydrogen-bond acceptors (Lipinski definition) is 6. The first-order valence-corrected chi connectivity index (χ1v) is 16.8. The second kappa shape index (κ2) is 19.4. The van der Waals surface area contributed by atoms with Crippen molar-refractivity contribution in [2.24, 2.45) is 5.41 Å². The fourth-order valence-electron chi connectivity index (χ4n) is 6.34. The standard InChI is InChI=1S/C37H58N2O6/c1-7-10-21-37(9-3,22-11-8-2)36(44)35(32-25-30(38(5)6)18-15-28(32)4)29-16-19-31(20-17-29)45-24-14-12-13-23-39(26-33(40)41)27-34(42)43/h15-20,25,35-36,44H,7-14,21-24,26-27H2,1-6H3,(H,40,41)(H,42,43). The number of aliphatic hydroxyl groups is 1. The fraction of sp³-hybridized carbons (Fsp3) is 0.622. The number of ether oxygens (including phenoxy) is 1. The molecule has 3 N–H and O–H groups in total. The van der Waals surface area contributed by atoms with E-state index in [1.54, 1.807) is 0 Å². The van der Waals surface area contributed by atoms with Crippen molar-refractivity contribution in [1.29, 1.82) is 0 Å². The molecule has 2 rings (SSSR count). The first kappa shape index (κ1) is 38.1. The Morgan fingerprint density at radius 2 is 1.44 bits per heavy atom. The number of benzene rings is 2. The number of nitrogens with zero attached hydrogens (tertiary/aromatic N) is 2. The Hall–Kier alpha value is -3.10. The molecule has 8 heteroatoms. The van der Waals surface area contributed by atoms with Gasteiger partial charge in [-0.3, -0.25) is 14.5 Å². The van der Waals surface area contributed by atoms with Crippen molar-refractivity contribution >= 4 is 17.6 Å². The molecule has 0 heterocycles. The number of carbonyl (C=O) groups is 2. The lowest BCUT2D eigenvalue weighted by Gasteiger charge is -2.43. The number of hydrogen-bond donors (Lipinski definition) is 3. The number of anilines is 1. The number of aryl methyl sites for hydroxylation is 1. The largest absolute Gasteiger partial charge is 0.494 e. The molecule has 45 heavy (non-hydrogen) atoms. The predicted molar refractivity (Wildman–Crippen MR) is 183 cm³/mol. The summed E-state index contributed by atoms with van der Waals surface area (Å²) >= 11 is 0. The second-order valence-corrected chi connectivity index (χ2v) is 12.8. The molecule has 0 spiro atoms. The normalized spacial score (nSPS) is 13.1. The lowest BCUT2D eigenvalue weighted by Crippen LogP contribution is -2.40. The zero-order valence-corrected chi connectivity index (χ0v) is 28.6. The zero-order valence-electron chi connectivity index (χ0n) is 28.6. The molecule has 0 radical (unpaired) electrons. The van der Waals surface area contributed by atoms with Crippen molar-refractivity contribution in [1.82, 2.24) is 4.90 Å². The molecule has 0 aliphatic heterocycles. The lowest BCUT2D eigenvalue weighted by molar-refractivity contribution is -0.141. The highest BCUT2D eigenvalue weighted by Gasteiger charge is 2.41. The van der Waals surface area contributed by atoms with E-state index in [0.717, 1.165) is 80.4 Å². The summed E-state index contributed by atoms with van der Waals surface area (Å²) in [4.78, 5) is 25.6. The van der Waals surface area contributed by atoms with E-state index in [4.69, 9.17) is 14.9 Å². The Labute approximate surface area is 271 Å². The Morgan fingerprint density at radius 1 is 0.844 bits per heavy atom. The molecule has 0 aromatic heterocycles. The fourth-order valence-corrected chi connectivity index (χ4v) is 6.34. The van der Waals surface area contributed by atoms with Crippen molar-refractivity contribution in [3.05, 3.63) is 59.2 Å². The minimum Gasteiger partial charge on any atom is -0.494 e. The van der Waals surface area contributed by atoms with Crippen LogP contribution in [-0.4, -0.2) is 78.6 Å². The number of carboxylic acids is 2. The molecular weight excluding hydrogens is 568 g/mol. The smallest absolute Gasteiger partial charge is 0.317 e. The monoisotopic (exact) mass is 626 g/mol. The van der Waals surface area contributed by atoms with Crippen LogP contribution in [0.3, 0.4) is 0 Å². The van der Waals surface area contributed by atoms with Gasteiger partial charge in [-0.1, -0.05) is 64.7 Å². The van der Waals surface area contributed by atoms with Gasteiger partial charge in [0.15, 0.2) is 0 Å². The van der Waals surface area contributed by atoms with Crippen LogP contribution in [0.4, 0.5) is 5.69 Å². The van der Waals surface area contributed by atoms with Gasteiger partial charge in [0.2, 0.25) is 0 Å². The summed E-state index contributed by atoms with van der Waals surface area (Å²) in [5, 5.41) is 30.5. The first-order chi connectivity index (χ1) is 21.5. The molecule has 0 saturated carbocycles. The van der Waals surface area contributed by atoms with Gasteiger partial charge in [-0.2, -0.15) is 0 Å². The summed E-state index contributed by atoms with van der Waals surface area (Å²) in [5.41, 5.74) is 4.36. The van der Waals surface area contributed by atoms with Gasteiger partial charge in [0.05, 0.1) is 25.8 Å². The van der Waals surface area contributed by atoms with Crippen molar-refractivity contribution in [2.75, 3.05) is 45.2 Å². The lowest BCUT2D eigenvalue weighted by atomic mass is 9.65. The van der Waals surface area contributed by atoms with Gasteiger partial charge in [-0.25, -0.2) is 0 Å². The van der Waals surface area contributed by atoms with Gasteiger partial charge < -0.3 is 25.0 Å². The summed E-state index contributed by atoms with van der Waals surface area (Å²) in [6.45, 7) is 9.20. The molecule has 2 atom stereocenters. The van der Waals surface area contributed by atoms with Crippen molar-refractivity contribution < 1.29 is 29.6 Å². The van der Waals surface area contributed by atoms with Crippen molar-refractivity contribution in [2.45, 2.75) is 104 Å². The quantitative estimate of drug-likeness (QED) is 0.110. The van der Waals surface area contributed by atoms with Gasteiger partial charge in [0.25, 0.3) is 0 Å². The minimum atomic E-state index is -1.03. The van der Waals surface area contributed by atoms with Crippen LogP contribution in [0.5, 0.6) is 5.75 Å². The predicted octanol–water partition coefficient (Wildman–Crippen LogP) is 7.35. The minimum absolute atomic E-state index is 0.170. The van der Waals surface area contributed by atoms with Crippen LogP contribution in [0.2, 0.25) is 0 Å². The Balaban J connectivity index is 2.24. The SMILES string of the molecule is CCCCC(CC)(CCCC)C(O)C(c1ccc(OCCCCCN(CC(=O)O)CC(=O)O)cc1)c1cc(N(C)C)ccc1C. The summed E-state index contributed by atoms with van der Waals surface area (Å²) in [5.74, 6) is -1.46. The van der Waals surface area contributed by atoms with Crippen LogP contribution >= 0.6 is 0 Å². The van der Waals surface area contributed by atoms with Crippen molar-refractivity contribution in [3.63, 3.8) is 0 Å². The van der Waals surface area contributed by atoms with E-state index >= 15 is 0 Å². The maximum atomic E-state index is 12.4. The molecule has 0 saturated heterocycles. The van der Waals surface area contributed by atoms with E-state index in [-0.39, 0.29) is 24.4 Å². The third-order valence-electron chi connectivity index (χ3n) is 9.16. The molecule has 2 aromatic rings. The van der Waals surface area contributed by atoms with E-state index in [2.05, 4.69) is 62.9 Å². The summed E-state index contributed by atoms with van der Waals surface area (Å²) in [6, 6.07) is 14.7. The van der Waals surface area contributed by atoms with Gasteiger partial charge in [0, 0.05) is 25.7 Å². The number of aliphatic carboxylic acids is 2. The Morgan fingerprint density at radius 3 is 1.96 bits per heavy atom. The van der Waals surface area contributed by atoms with E-state index in [9.17, 15) is 14.7 Å². The molecular formula is C37H58N2O6. The van der Waals surface area contributed by atoms with E-state index in [1.807, 2.05) is 26.2 Å². The van der Waals surface area contributed by atoms with Crippen molar-refractivity contribution in [3.8, 4) is 5.75 Å². The topological polar surface area (TPSA) is 111 Å². The van der Waals surface area contributed by atoms with Gasteiger partial charge in [-0.05, 0) is 98.4 Å². The number of carboxylic acid groups (broad SMARTS) is 2. The van der Waals surface area contributed by atoms with E-state index < -0.39 is 18.0 Å². The molecule has 0 aliphatic rings. The summed E-state index contributed by atoms with van der Waals surface area (Å²) in [7, 11) is 4.10. The highest BCUT2D eigenvalue weighted by molar-refractivity contribution is 5.72. The number of unbranched alkanes of at least 4 members (excludes halogenated alkanes) is 4. The number of aliphatic hydroxyl groups excluding tert-OH is 1. The van der Waals surface area contributed by atoms with E-state index in [0.29, 0.717) is 19.6 Å². The highest BCUT2D eigenvalue weighted by atomic mass is 16.5. The zero-order chi connectivity index (χ0) is 33.4. The van der Waals surface area contributed by atoms with Crippen LogP contribution in [0, 0.1) is 12.3 Å². The molecule has 0 aliphatic carbocycles. The maximum absolute atomic E-state index is 12.4. The number of rotatable bonds is 23. The third kappa shape index (κ3) is 12.0. The Kier molecular flexibility index (Phi) is 16.4. The Bertz CT molecular complexity index is 1140. The summed E-state index contributed by atoms with van der Waals surface area (Å²) in [6.07, 6.45) is 9.11. The average Bonchev–Trinajstić information content (AvgIpc) is 3.00. The average molecular weight is 627 g/mol. The van der Waals surface area contributed by atoms with Crippen LogP contribution in [0.1, 0.15) is 108 Å². The highest BCUT2D eigenvalue weighted by Crippen LogP contribution is 2.47. The first-order valence-electron chi connectivity index (χ1n) is 16.8.